The first-order chi connectivity index (χ1) is 8.67. The Morgan fingerprint density at radius 3 is 2.89 bits per heavy atom. The van der Waals surface area contributed by atoms with Gasteiger partial charge in [-0.2, -0.15) is 4.98 Å². The van der Waals surface area contributed by atoms with Crippen molar-refractivity contribution < 1.29 is 4.74 Å². The summed E-state index contributed by atoms with van der Waals surface area (Å²) in [7, 11) is 1.61. The summed E-state index contributed by atoms with van der Waals surface area (Å²) in [5, 5.41) is 3.28. The van der Waals surface area contributed by atoms with Gasteiger partial charge in [0.15, 0.2) is 0 Å². The lowest BCUT2D eigenvalue weighted by Gasteiger charge is -2.07. The van der Waals surface area contributed by atoms with Gasteiger partial charge in [-0.3, -0.25) is 0 Å². The average Bonchev–Trinajstić information content (AvgIpc) is 2.74. The number of aromatic nitrogens is 2. The monoisotopic (exact) mass is 327 g/mol. The molecule has 0 saturated heterocycles. The van der Waals surface area contributed by atoms with Crippen molar-refractivity contribution in [2.75, 3.05) is 19.0 Å². The maximum absolute atomic E-state index is 5.11. The third-order valence-corrected chi connectivity index (χ3v) is 4.01. The highest BCUT2D eigenvalue weighted by Crippen LogP contribution is 2.22. The molecule has 1 N–H and O–H groups in total. The van der Waals surface area contributed by atoms with Crippen LogP contribution >= 0.6 is 27.3 Å². The highest BCUT2D eigenvalue weighted by Gasteiger charge is 2.02. The molecule has 0 spiro atoms. The van der Waals surface area contributed by atoms with Gasteiger partial charge in [-0.1, -0.05) is 0 Å². The minimum atomic E-state index is 0.587. The van der Waals surface area contributed by atoms with Crippen LogP contribution in [0.4, 0.5) is 5.82 Å². The van der Waals surface area contributed by atoms with E-state index in [1.165, 1.54) is 4.88 Å². The highest BCUT2D eigenvalue weighted by molar-refractivity contribution is 9.11. The molecule has 0 fully saturated rings. The number of ether oxygens (including phenoxy) is 1. The molecule has 0 atom stereocenters. The van der Waals surface area contributed by atoms with E-state index in [9.17, 15) is 0 Å². The Morgan fingerprint density at radius 1 is 1.39 bits per heavy atom. The number of aryl methyl sites for hydroxylation is 1. The van der Waals surface area contributed by atoms with Gasteiger partial charge in [0, 0.05) is 17.5 Å². The van der Waals surface area contributed by atoms with Crippen molar-refractivity contribution in [1.82, 2.24) is 9.97 Å². The zero-order valence-corrected chi connectivity index (χ0v) is 12.6. The lowest BCUT2D eigenvalue weighted by Crippen LogP contribution is -2.07. The van der Waals surface area contributed by atoms with Crippen LogP contribution in [0.1, 0.15) is 10.7 Å². The van der Waals surface area contributed by atoms with Crippen molar-refractivity contribution in [2.24, 2.45) is 0 Å². The molecular weight excluding hydrogens is 314 g/mol. The van der Waals surface area contributed by atoms with Crippen molar-refractivity contribution in [3.8, 4) is 5.88 Å². The lowest BCUT2D eigenvalue weighted by atomic mass is 10.3. The summed E-state index contributed by atoms with van der Waals surface area (Å²) >= 11 is 5.21. The van der Waals surface area contributed by atoms with Gasteiger partial charge < -0.3 is 10.1 Å². The number of halogens is 1. The molecule has 18 heavy (non-hydrogen) atoms. The van der Waals surface area contributed by atoms with Gasteiger partial charge in [0.05, 0.1) is 10.9 Å². The SMILES string of the molecule is COc1cc(NCCc2ccc(Br)s2)nc(C)n1. The van der Waals surface area contributed by atoms with Crippen LogP contribution in [0.5, 0.6) is 5.88 Å². The van der Waals surface area contributed by atoms with Crippen molar-refractivity contribution in [3.63, 3.8) is 0 Å². The number of anilines is 1. The first-order valence-electron chi connectivity index (χ1n) is 5.55. The fourth-order valence-electron chi connectivity index (χ4n) is 1.54. The van der Waals surface area contributed by atoms with Gasteiger partial charge in [-0.25, -0.2) is 4.98 Å². The standard InChI is InChI=1S/C12H14BrN3OS/c1-8-15-11(7-12(16-8)17-2)14-6-5-9-3-4-10(13)18-9/h3-4,7H,5-6H2,1-2H3,(H,14,15,16). The second-order valence-corrected chi connectivity index (χ2v) is 6.27. The van der Waals surface area contributed by atoms with Crippen LogP contribution in [-0.4, -0.2) is 23.6 Å². The number of thiophene rings is 1. The summed E-state index contributed by atoms with van der Waals surface area (Å²) in [6.07, 6.45) is 0.974. The Kier molecular flexibility index (Phi) is 4.54. The summed E-state index contributed by atoms with van der Waals surface area (Å²) in [5.41, 5.74) is 0. The zero-order valence-electron chi connectivity index (χ0n) is 10.2. The molecule has 0 saturated carbocycles. The molecule has 0 aliphatic carbocycles. The van der Waals surface area contributed by atoms with E-state index >= 15 is 0 Å². The molecule has 0 aliphatic rings. The molecular formula is C12H14BrN3OS. The summed E-state index contributed by atoms with van der Waals surface area (Å²) < 4.78 is 6.27. The topological polar surface area (TPSA) is 47.0 Å². The number of hydrogen-bond acceptors (Lipinski definition) is 5. The van der Waals surface area contributed by atoms with E-state index in [0.717, 1.165) is 22.6 Å². The van der Waals surface area contributed by atoms with E-state index in [-0.39, 0.29) is 0 Å². The van der Waals surface area contributed by atoms with E-state index in [4.69, 9.17) is 4.74 Å². The van der Waals surface area contributed by atoms with Crippen LogP contribution in [0.3, 0.4) is 0 Å². The normalized spacial score (nSPS) is 10.4. The molecule has 2 aromatic rings. The molecule has 0 aromatic carbocycles. The Bertz CT molecular complexity index is 530. The third kappa shape index (κ3) is 3.68. The summed E-state index contributed by atoms with van der Waals surface area (Å²) in [6.45, 7) is 2.69. The van der Waals surface area contributed by atoms with Crippen molar-refractivity contribution in [1.29, 1.82) is 0 Å². The largest absolute Gasteiger partial charge is 0.481 e. The van der Waals surface area contributed by atoms with Crippen molar-refractivity contribution in [3.05, 3.63) is 32.7 Å². The van der Waals surface area contributed by atoms with Crippen LogP contribution in [0.25, 0.3) is 0 Å². The number of rotatable bonds is 5. The zero-order chi connectivity index (χ0) is 13.0. The molecule has 4 nitrogen and oxygen atoms in total. The highest BCUT2D eigenvalue weighted by atomic mass is 79.9. The predicted octanol–water partition coefficient (Wildman–Crippen LogP) is 3.27. The molecule has 0 unspecified atom stereocenters. The van der Waals surface area contributed by atoms with Crippen molar-refractivity contribution in [2.45, 2.75) is 13.3 Å². The summed E-state index contributed by atoms with van der Waals surface area (Å²) in [6, 6.07) is 6.00. The van der Waals surface area contributed by atoms with E-state index in [1.54, 1.807) is 24.5 Å². The second kappa shape index (κ2) is 6.15. The van der Waals surface area contributed by atoms with E-state index < -0.39 is 0 Å². The number of hydrogen-bond donors (Lipinski definition) is 1. The smallest absolute Gasteiger partial charge is 0.218 e. The predicted molar refractivity (Wildman–Crippen MR) is 77.5 cm³/mol. The number of nitrogens with zero attached hydrogens (tertiary/aromatic N) is 2. The van der Waals surface area contributed by atoms with Gasteiger partial charge in [0.2, 0.25) is 5.88 Å². The summed E-state index contributed by atoms with van der Waals surface area (Å²) in [4.78, 5) is 9.79. The molecule has 0 amide bonds. The fraction of sp³-hybridized carbons (Fsp3) is 0.333. The Hall–Kier alpha value is -1.14. The first-order valence-corrected chi connectivity index (χ1v) is 7.16. The Morgan fingerprint density at radius 2 is 2.22 bits per heavy atom. The first kappa shape index (κ1) is 13.3. The van der Waals surface area contributed by atoms with Gasteiger partial charge in [0.25, 0.3) is 0 Å². The van der Waals surface area contributed by atoms with E-state index in [0.29, 0.717) is 11.7 Å². The molecule has 0 aliphatic heterocycles. The van der Waals surface area contributed by atoms with Gasteiger partial charge in [-0.15, -0.1) is 11.3 Å². The molecule has 2 aromatic heterocycles. The maximum Gasteiger partial charge on any atom is 0.218 e. The number of nitrogens with one attached hydrogen (secondary N) is 1. The summed E-state index contributed by atoms with van der Waals surface area (Å²) in [5.74, 6) is 2.09. The maximum atomic E-state index is 5.11. The van der Waals surface area contributed by atoms with Crippen LogP contribution in [0.2, 0.25) is 0 Å². The molecule has 96 valence electrons. The number of methoxy groups -OCH3 is 1. The molecule has 2 heterocycles. The van der Waals surface area contributed by atoms with Gasteiger partial charge in [0.1, 0.15) is 11.6 Å². The molecule has 0 radical (unpaired) electrons. The van der Waals surface area contributed by atoms with Crippen LogP contribution in [0, 0.1) is 6.92 Å². The van der Waals surface area contributed by atoms with E-state index in [2.05, 4.69) is 43.3 Å². The molecule has 0 bridgehead atoms. The minimum Gasteiger partial charge on any atom is -0.481 e. The molecule has 6 heteroatoms. The van der Waals surface area contributed by atoms with E-state index in [1.807, 2.05) is 6.92 Å². The van der Waals surface area contributed by atoms with Gasteiger partial charge >= 0.3 is 0 Å². The second-order valence-electron chi connectivity index (χ2n) is 3.73. The quantitative estimate of drug-likeness (QED) is 0.915. The van der Waals surface area contributed by atoms with Crippen LogP contribution < -0.4 is 10.1 Å². The minimum absolute atomic E-state index is 0.587. The molecule has 2 rings (SSSR count). The lowest BCUT2D eigenvalue weighted by molar-refractivity contribution is 0.396. The van der Waals surface area contributed by atoms with Crippen LogP contribution in [-0.2, 0) is 6.42 Å². The average molecular weight is 328 g/mol. The van der Waals surface area contributed by atoms with Gasteiger partial charge in [-0.05, 0) is 41.4 Å². The van der Waals surface area contributed by atoms with Crippen molar-refractivity contribution >= 4 is 33.1 Å². The fourth-order valence-corrected chi connectivity index (χ4v) is 3.02. The Balaban J connectivity index is 1.91. The Labute approximate surface area is 119 Å². The third-order valence-electron chi connectivity index (χ3n) is 2.33. The van der Waals surface area contributed by atoms with Crippen LogP contribution in [0.15, 0.2) is 22.0 Å².